The van der Waals surface area contributed by atoms with Crippen molar-refractivity contribution < 1.29 is 0 Å². The minimum atomic E-state index is 1.18. The van der Waals surface area contributed by atoms with Gasteiger partial charge in [-0.1, -0.05) is 26.7 Å². The Labute approximate surface area is 68.8 Å². The van der Waals surface area contributed by atoms with Crippen molar-refractivity contribution in [3.05, 3.63) is 23.5 Å². The Hall–Kier alpha value is -0.720. The normalized spacial score (nSPS) is 10.4. The zero-order valence-corrected chi connectivity index (χ0v) is 7.48. The van der Waals surface area contributed by atoms with E-state index in [1.54, 1.807) is 0 Å². The average molecular weight is 151 g/mol. The van der Waals surface area contributed by atoms with Crippen LogP contribution in [0.2, 0.25) is 0 Å². The quantitative estimate of drug-likeness (QED) is 0.681. The van der Waals surface area contributed by atoms with Gasteiger partial charge in [-0.2, -0.15) is 0 Å². The summed E-state index contributed by atoms with van der Waals surface area (Å²) >= 11 is 0. The minimum absolute atomic E-state index is 1.18. The number of H-pyrrole nitrogens is 1. The second-order valence-corrected chi connectivity index (χ2v) is 3.03. The Morgan fingerprint density at radius 1 is 1.18 bits per heavy atom. The molecule has 1 N–H and O–H groups in total. The number of rotatable bonds is 4. The molecule has 0 atom stereocenters. The fraction of sp³-hybridized carbons (Fsp3) is 0.600. The van der Waals surface area contributed by atoms with Gasteiger partial charge in [0.2, 0.25) is 0 Å². The van der Waals surface area contributed by atoms with Crippen molar-refractivity contribution >= 4 is 0 Å². The minimum Gasteiger partial charge on any atom is -0.365 e. The Balaban J connectivity index is 2.51. The number of nitrogens with one attached hydrogen (secondary N) is 1. The van der Waals surface area contributed by atoms with E-state index in [2.05, 4.69) is 31.1 Å². The van der Waals surface area contributed by atoms with Gasteiger partial charge in [0.25, 0.3) is 0 Å². The summed E-state index contributed by atoms with van der Waals surface area (Å²) in [6, 6.07) is 2.28. The maximum atomic E-state index is 3.29. The lowest BCUT2D eigenvalue weighted by Crippen LogP contribution is -1.80. The van der Waals surface area contributed by atoms with Crippen LogP contribution in [-0.2, 0) is 12.8 Å². The third-order valence-corrected chi connectivity index (χ3v) is 1.86. The van der Waals surface area contributed by atoms with Crippen LogP contribution in [0.5, 0.6) is 0 Å². The average Bonchev–Trinajstić information content (AvgIpc) is 2.38. The lowest BCUT2D eigenvalue weighted by Gasteiger charge is -1.90. The summed E-state index contributed by atoms with van der Waals surface area (Å²) in [6.45, 7) is 4.42. The summed E-state index contributed by atoms with van der Waals surface area (Å²) in [5.74, 6) is 0. The third kappa shape index (κ3) is 2.41. The molecule has 0 aromatic carbocycles. The van der Waals surface area contributed by atoms with E-state index in [0.29, 0.717) is 0 Å². The first kappa shape index (κ1) is 8.38. The molecule has 0 amide bonds. The lowest BCUT2D eigenvalue weighted by atomic mass is 10.2. The number of aromatic amines is 1. The van der Waals surface area contributed by atoms with Gasteiger partial charge < -0.3 is 4.98 Å². The molecule has 0 saturated heterocycles. The van der Waals surface area contributed by atoms with Gasteiger partial charge in [0.05, 0.1) is 0 Å². The van der Waals surface area contributed by atoms with E-state index in [9.17, 15) is 0 Å². The molecule has 11 heavy (non-hydrogen) atoms. The van der Waals surface area contributed by atoms with Crippen LogP contribution < -0.4 is 0 Å². The molecule has 1 rings (SSSR count). The molecule has 0 aliphatic heterocycles. The third-order valence-electron chi connectivity index (χ3n) is 1.86. The van der Waals surface area contributed by atoms with E-state index in [1.165, 1.54) is 36.9 Å². The smallest absolute Gasteiger partial charge is 0.0149 e. The highest BCUT2D eigenvalue weighted by atomic mass is 14.7. The summed E-state index contributed by atoms with van der Waals surface area (Å²) in [4.78, 5) is 3.29. The van der Waals surface area contributed by atoms with Crippen LogP contribution in [0.3, 0.4) is 0 Å². The van der Waals surface area contributed by atoms with Crippen molar-refractivity contribution in [3.8, 4) is 0 Å². The molecular formula is C10H17N. The van der Waals surface area contributed by atoms with Crippen LogP contribution in [0.4, 0.5) is 0 Å². The monoisotopic (exact) mass is 151 g/mol. The van der Waals surface area contributed by atoms with Crippen LogP contribution in [-0.4, -0.2) is 4.98 Å². The standard InChI is InChI=1S/C10H17N/c1-3-5-9-7-10(6-4-2)11-8-9/h7-8,11H,3-6H2,1-2H3. The van der Waals surface area contributed by atoms with E-state index in [0.717, 1.165) is 0 Å². The SMILES string of the molecule is CCCc1c[nH]c(CCC)c1. The van der Waals surface area contributed by atoms with Gasteiger partial charge in [0.15, 0.2) is 0 Å². The molecule has 0 fully saturated rings. The molecule has 1 aromatic rings. The molecule has 1 nitrogen and oxygen atoms in total. The van der Waals surface area contributed by atoms with Crippen LogP contribution in [0.25, 0.3) is 0 Å². The van der Waals surface area contributed by atoms with E-state index in [4.69, 9.17) is 0 Å². The zero-order chi connectivity index (χ0) is 8.10. The summed E-state index contributed by atoms with van der Waals surface area (Å²) < 4.78 is 0. The van der Waals surface area contributed by atoms with Gasteiger partial charge in [-0.3, -0.25) is 0 Å². The van der Waals surface area contributed by atoms with Gasteiger partial charge in [-0.05, 0) is 24.5 Å². The molecule has 0 aliphatic carbocycles. The Morgan fingerprint density at radius 2 is 1.91 bits per heavy atom. The fourth-order valence-corrected chi connectivity index (χ4v) is 1.34. The number of aromatic nitrogens is 1. The van der Waals surface area contributed by atoms with Gasteiger partial charge in [0.1, 0.15) is 0 Å². The molecule has 1 aromatic heterocycles. The van der Waals surface area contributed by atoms with E-state index in [1.807, 2.05) is 0 Å². The Kier molecular flexibility index (Phi) is 3.21. The van der Waals surface area contributed by atoms with E-state index in [-0.39, 0.29) is 0 Å². The maximum absolute atomic E-state index is 3.29. The molecule has 0 spiro atoms. The first-order valence-electron chi connectivity index (χ1n) is 4.53. The predicted molar refractivity (Wildman–Crippen MR) is 48.8 cm³/mol. The highest BCUT2D eigenvalue weighted by Crippen LogP contribution is 2.07. The van der Waals surface area contributed by atoms with Crippen LogP contribution in [0, 0.1) is 0 Å². The maximum Gasteiger partial charge on any atom is 0.0149 e. The zero-order valence-electron chi connectivity index (χ0n) is 7.48. The first-order valence-corrected chi connectivity index (χ1v) is 4.53. The van der Waals surface area contributed by atoms with Crippen molar-refractivity contribution in [1.82, 2.24) is 4.98 Å². The summed E-state index contributed by atoms with van der Waals surface area (Å²) in [6.07, 6.45) is 6.99. The van der Waals surface area contributed by atoms with E-state index < -0.39 is 0 Å². The number of hydrogen-bond acceptors (Lipinski definition) is 0. The van der Waals surface area contributed by atoms with Crippen molar-refractivity contribution in [2.45, 2.75) is 39.5 Å². The first-order chi connectivity index (χ1) is 5.36. The summed E-state index contributed by atoms with van der Waals surface area (Å²) in [5.41, 5.74) is 2.84. The highest BCUT2D eigenvalue weighted by Gasteiger charge is 1.95. The molecule has 1 heteroatoms. The van der Waals surface area contributed by atoms with Gasteiger partial charge in [-0.15, -0.1) is 0 Å². The molecule has 62 valence electrons. The number of aryl methyl sites for hydroxylation is 2. The molecule has 0 saturated carbocycles. The van der Waals surface area contributed by atoms with Crippen LogP contribution in [0.1, 0.15) is 37.9 Å². The van der Waals surface area contributed by atoms with Crippen molar-refractivity contribution in [2.24, 2.45) is 0 Å². The second-order valence-electron chi connectivity index (χ2n) is 3.03. The predicted octanol–water partition coefficient (Wildman–Crippen LogP) is 2.92. The molecule has 1 heterocycles. The van der Waals surface area contributed by atoms with Gasteiger partial charge >= 0.3 is 0 Å². The van der Waals surface area contributed by atoms with Crippen LogP contribution in [0.15, 0.2) is 12.3 Å². The van der Waals surface area contributed by atoms with Gasteiger partial charge in [-0.25, -0.2) is 0 Å². The number of hydrogen-bond donors (Lipinski definition) is 1. The molecule has 0 unspecified atom stereocenters. The lowest BCUT2D eigenvalue weighted by molar-refractivity contribution is 0.891. The Morgan fingerprint density at radius 3 is 2.55 bits per heavy atom. The summed E-state index contributed by atoms with van der Waals surface area (Å²) in [7, 11) is 0. The van der Waals surface area contributed by atoms with Crippen molar-refractivity contribution in [2.75, 3.05) is 0 Å². The van der Waals surface area contributed by atoms with Crippen molar-refractivity contribution in [1.29, 1.82) is 0 Å². The largest absolute Gasteiger partial charge is 0.365 e. The molecule has 0 bridgehead atoms. The van der Waals surface area contributed by atoms with Crippen molar-refractivity contribution in [3.63, 3.8) is 0 Å². The second kappa shape index (κ2) is 4.22. The molecule has 0 radical (unpaired) electrons. The topological polar surface area (TPSA) is 15.8 Å². The van der Waals surface area contributed by atoms with Crippen LogP contribution >= 0.6 is 0 Å². The van der Waals surface area contributed by atoms with Gasteiger partial charge in [0, 0.05) is 11.9 Å². The Bertz CT molecular complexity index is 180. The summed E-state index contributed by atoms with van der Waals surface area (Å²) in [5, 5.41) is 0. The molecular weight excluding hydrogens is 134 g/mol. The fourth-order valence-electron chi connectivity index (χ4n) is 1.34. The highest BCUT2D eigenvalue weighted by molar-refractivity contribution is 5.16. The van der Waals surface area contributed by atoms with E-state index >= 15 is 0 Å². The molecule has 0 aliphatic rings.